The van der Waals surface area contributed by atoms with E-state index in [9.17, 15) is 0 Å². The minimum atomic E-state index is 0.179. The standard InChI is InChI=1S/C11H9BrClN3O/c1-6-2-3-8(7(12)4-6)17-11-9(14)10(13)15-5-16-11/h2-5H,14H2,1H3. The maximum Gasteiger partial charge on any atom is 0.247 e. The van der Waals surface area contributed by atoms with Gasteiger partial charge in [0.15, 0.2) is 5.15 Å². The summed E-state index contributed by atoms with van der Waals surface area (Å²) in [7, 11) is 0. The zero-order valence-corrected chi connectivity index (χ0v) is 11.3. The van der Waals surface area contributed by atoms with E-state index in [-0.39, 0.29) is 16.7 Å². The van der Waals surface area contributed by atoms with Crippen molar-refractivity contribution >= 4 is 33.2 Å². The van der Waals surface area contributed by atoms with Crippen molar-refractivity contribution in [3.8, 4) is 11.6 Å². The summed E-state index contributed by atoms with van der Waals surface area (Å²) in [5.41, 5.74) is 7.06. The number of nitrogen functional groups attached to an aromatic ring is 1. The lowest BCUT2D eigenvalue weighted by atomic mass is 10.2. The van der Waals surface area contributed by atoms with Crippen molar-refractivity contribution in [2.24, 2.45) is 0 Å². The molecule has 6 heteroatoms. The number of ether oxygens (including phenoxy) is 1. The molecule has 0 atom stereocenters. The van der Waals surface area contributed by atoms with E-state index in [1.54, 1.807) is 0 Å². The number of rotatable bonds is 2. The minimum absolute atomic E-state index is 0.179. The molecule has 2 aromatic rings. The van der Waals surface area contributed by atoms with Gasteiger partial charge in [-0.15, -0.1) is 0 Å². The van der Waals surface area contributed by atoms with Crippen molar-refractivity contribution in [3.05, 3.63) is 39.7 Å². The van der Waals surface area contributed by atoms with Crippen molar-refractivity contribution in [1.29, 1.82) is 0 Å². The van der Waals surface area contributed by atoms with Crippen molar-refractivity contribution in [2.45, 2.75) is 6.92 Å². The number of hydrogen-bond acceptors (Lipinski definition) is 4. The van der Waals surface area contributed by atoms with Gasteiger partial charge in [0, 0.05) is 0 Å². The van der Waals surface area contributed by atoms with Crippen LogP contribution in [0.2, 0.25) is 5.15 Å². The third kappa shape index (κ3) is 2.68. The van der Waals surface area contributed by atoms with Gasteiger partial charge < -0.3 is 10.5 Å². The van der Waals surface area contributed by atoms with Gasteiger partial charge in [0.25, 0.3) is 0 Å². The molecule has 17 heavy (non-hydrogen) atoms. The van der Waals surface area contributed by atoms with Gasteiger partial charge in [-0.1, -0.05) is 17.7 Å². The Morgan fingerprint density at radius 1 is 1.35 bits per heavy atom. The van der Waals surface area contributed by atoms with Crippen LogP contribution in [0.3, 0.4) is 0 Å². The fourth-order valence-corrected chi connectivity index (χ4v) is 1.93. The van der Waals surface area contributed by atoms with E-state index < -0.39 is 0 Å². The highest BCUT2D eigenvalue weighted by molar-refractivity contribution is 9.10. The Kier molecular flexibility index (Phi) is 3.49. The van der Waals surface area contributed by atoms with E-state index in [0.717, 1.165) is 10.0 Å². The quantitative estimate of drug-likeness (QED) is 0.861. The molecule has 88 valence electrons. The van der Waals surface area contributed by atoms with Crippen LogP contribution in [0.4, 0.5) is 5.69 Å². The van der Waals surface area contributed by atoms with Gasteiger partial charge in [-0.3, -0.25) is 0 Å². The van der Waals surface area contributed by atoms with Crippen LogP contribution in [0.25, 0.3) is 0 Å². The molecular weight excluding hydrogens is 305 g/mol. The van der Waals surface area contributed by atoms with Crippen LogP contribution in [0.5, 0.6) is 11.6 Å². The number of nitrogens with zero attached hydrogens (tertiary/aromatic N) is 2. The van der Waals surface area contributed by atoms with E-state index in [2.05, 4.69) is 25.9 Å². The first-order valence-electron chi connectivity index (χ1n) is 4.78. The van der Waals surface area contributed by atoms with E-state index in [1.807, 2.05) is 25.1 Å². The second kappa shape index (κ2) is 4.89. The van der Waals surface area contributed by atoms with E-state index in [4.69, 9.17) is 22.1 Å². The number of aryl methyl sites for hydroxylation is 1. The summed E-state index contributed by atoms with van der Waals surface area (Å²) in [4.78, 5) is 7.69. The third-order valence-corrected chi connectivity index (χ3v) is 3.01. The first kappa shape index (κ1) is 12.1. The topological polar surface area (TPSA) is 61.0 Å². The van der Waals surface area contributed by atoms with Gasteiger partial charge in [-0.05, 0) is 40.5 Å². The summed E-state index contributed by atoms with van der Waals surface area (Å²) >= 11 is 9.18. The molecule has 1 aromatic heterocycles. The fourth-order valence-electron chi connectivity index (χ4n) is 1.23. The van der Waals surface area contributed by atoms with Crippen LogP contribution in [-0.2, 0) is 0 Å². The van der Waals surface area contributed by atoms with Crippen molar-refractivity contribution in [2.75, 3.05) is 5.73 Å². The molecule has 0 bridgehead atoms. The number of halogens is 2. The lowest BCUT2D eigenvalue weighted by Gasteiger charge is -2.09. The molecule has 4 nitrogen and oxygen atoms in total. The molecule has 0 aliphatic carbocycles. The maximum atomic E-state index is 5.78. The zero-order valence-electron chi connectivity index (χ0n) is 8.95. The molecular formula is C11H9BrClN3O. The summed E-state index contributed by atoms with van der Waals surface area (Å²) < 4.78 is 6.39. The Labute approximate surface area is 112 Å². The predicted molar refractivity (Wildman–Crippen MR) is 70.4 cm³/mol. The van der Waals surface area contributed by atoms with Crippen LogP contribution in [0.1, 0.15) is 5.56 Å². The molecule has 0 aliphatic rings. The van der Waals surface area contributed by atoms with Crippen LogP contribution in [0.15, 0.2) is 29.0 Å². The monoisotopic (exact) mass is 313 g/mol. The van der Waals surface area contributed by atoms with Crippen molar-refractivity contribution in [3.63, 3.8) is 0 Å². The molecule has 0 aliphatic heterocycles. The molecule has 2 rings (SSSR count). The first-order valence-corrected chi connectivity index (χ1v) is 5.95. The van der Waals surface area contributed by atoms with E-state index >= 15 is 0 Å². The number of benzene rings is 1. The molecule has 1 aromatic carbocycles. The van der Waals surface area contributed by atoms with E-state index in [0.29, 0.717) is 5.75 Å². The summed E-state index contributed by atoms with van der Waals surface area (Å²) in [6.45, 7) is 1.99. The van der Waals surface area contributed by atoms with Crippen LogP contribution < -0.4 is 10.5 Å². The van der Waals surface area contributed by atoms with E-state index in [1.165, 1.54) is 6.33 Å². The van der Waals surface area contributed by atoms with Crippen LogP contribution in [0, 0.1) is 6.92 Å². The molecule has 0 fully saturated rings. The average molecular weight is 315 g/mol. The highest BCUT2D eigenvalue weighted by atomic mass is 79.9. The SMILES string of the molecule is Cc1ccc(Oc2ncnc(Cl)c2N)c(Br)c1. The van der Waals surface area contributed by atoms with Gasteiger partial charge in [-0.2, -0.15) is 4.98 Å². The first-order chi connectivity index (χ1) is 8.08. The second-order valence-corrected chi connectivity index (χ2v) is 4.63. The van der Waals surface area contributed by atoms with Gasteiger partial charge >= 0.3 is 0 Å². The van der Waals surface area contributed by atoms with Crippen molar-refractivity contribution < 1.29 is 4.74 Å². The lowest BCUT2D eigenvalue weighted by molar-refractivity contribution is 0.461. The molecule has 0 radical (unpaired) electrons. The zero-order chi connectivity index (χ0) is 12.4. The largest absolute Gasteiger partial charge is 0.436 e. The number of hydrogen-bond donors (Lipinski definition) is 1. The molecule has 0 saturated heterocycles. The minimum Gasteiger partial charge on any atom is -0.436 e. The number of nitrogens with two attached hydrogens (primary N) is 1. The van der Waals surface area contributed by atoms with Crippen molar-refractivity contribution in [1.82, 2.24) is 9.97 Å². The maximum absolute atomic E-state index is 5.78. The Bertz CT molecular complexity index is 562. The molecule has 0 amide bonds. The molecule has 0 unspecified atom stereocenters. The van der Waals surface area contributed by atoms with Crippen LogP contribution >= 0.6 is 27.5 Å². The van der Waals surface area contributed by atoms with Crippen LogP contribution in [-0.4, -0.2) is 9.97 Å². The molecule has 2 N–H and O–H groups in total. The number of anilines is 1. The highest BCUT2D eigenvalue weighted by Crippen LogP contribution is 2.33. The Hall–Kier alpha value is -1.33. The van der Waals surface area contributed by atoms with Gasteiger partial charge in [-0.25, -0.2) is 4.98 Å². The Balaban J connectivity index is 2.35. The normalized spacial score (nSPS) is 10.3. The fraction of sp³-hybridized carbons (Fsp3) is 0.0909. The molecule has 0 spiro atoms. The molecule has 1 heterocycles. The predicted octanol–water partition coefficient (Wildman–Crippen LogP) is 3.58. The smallest absolute Gasteiger partial charge is 0.247 e. The summed E-state index contributed by atoms with van der Waals surface area (Å²) in [5, 5.41) is 0.179. The lowest BCUT2D eigenvalue weighted by Crippen LogP contribution is -1.97. The summed E-state index contributed by atoms with van der Waals surface area (Å²) in [6.07, 6.45) is 1.30. The summed E-state index contributed by atoms with van der Waals surface area (Å²) in [6, 6.07) is 5.70. The van der Waals surface area contributed by atoms with Gasteiger partial charge in [0.1, 0.15) is 17.8 Å². The Morgan fingerprint density at radius 3 is 2.82 bits per heavy atom. The van der Waals surface area contributed by atoms with Gasteiger partial charge in [0.2, 0.25) is 5.88 Å². The Morgan fingerprint density at radius 2 is 2.12 bits per heavy atom. The number of aromatic nitrogens is 2. The molecule has 0 saturated carbocycles. The second-order valence-electron chi connectivity index (χ2n) is 3.42. The summed E-state index contributed by atoms with van der Waals surface area (Å²) in [5.74, 6) is 0.867. The highest BCUT2D eigenvalue weighted by Gasteiger charge is 2.10. The average Bonchev–Trinajstić information content (AvgIpc) is 2.28. The van der Waals surface area contributed by atoms with Gasteiger partial charge in [0.05, 0.1) is 4.47 Å². The third-order valence-electron chi connectivity index (χ3n) is 2.09.